The Morgan fingerprint density at radius 1 is 0.923 bits per heavy atom. The van der Waals surface area contributed by atoms with E-state index in [1.54, 1.807) is 26.2 Å². The molecule has 0 aliphatic rings. The molecule has 1 N–H and O–H groups in total. The standard InChI is InChI=1S/C21H29NO3S/c1-13(2)18-12-21(16(5)11-20(18)25-7)26(23,24)22-17(6)19-10-14(3)8-9-15(19)4/h8-13,17,22H,1-7H3/t17-/m1/s1. The molecule has 1 atom stereocenters. The summed E-state index contributed by atoms with van der Waals surface area (Å²) in [6.07, 6.45) is 0. The molecule has 0 bridgehead atoms. The number of aryl methyl sites for hydroxylation is 3. The van der Waals surface area contributed by atoms with Crippen molar-refractivity contribution in [3.05, 3.63) is 58.1 Å². The van der Waals surface area contributed by atoms with Gasteiger partial charge in [-0.25, -0.2) is 13.1 Å². The van der Waals surface area contributed by atoms with Gasteiger partial charge in [0.25, 0.3) is 0 Å². The summed E-state index contributed by atoms with van der Waals surface area (Å²) >= 11 is 0. The van der Waals surface area contributed by atoms with Crippen LogP contribution in [-0.2, 0) is 10.0 Å². The van der Waals surface area contributed by atoms with E-state index in [-0.39, 0.29) is 12.0 Å². The Bertz CT molecular complexity index is 902. The lowest BCUT2D eigenvalue weighted by Crippen LogP contribution is -2.28. The second-order valence-electron chi connectivity index (χ2n) is 7.22. The lowest BCUT2D eigenvalue weighted by atomic mass is 10.0. The number of hydrogen-bond acceptors (Lipinski definition) is 3. The number of methoxy groups -OCH3 is 1. The van der Waals surface area contributed by atoms with Gasteiger partial charge in [0.15, 0.2) is 0 Å². The van der Waals surface area contributed by atoms with Gasteiger partial charge < -0.3 is 4.74 Å². The first-order valence-electron chi connectivity index (χ1n) is 8.84. The fourth-order valence-electron chi connectivity index (χ4n) is 3.18. The number of ether oxygens (including phenoxy) is 1. The molecule has 0 spiro atoms. The monoisotopic (exact) mass is 375 g/mol. The zero-order valence-corrected chi connectivity index (χ0v) is 17.5. The van der Waals surface area contributed by atoms with Crippen LogP contribution in [0.2, 0.25) is 0 Å². The zero-order chi connectivity index (χ0) is 19.6. The van der Waals surface area contributed by atoms with Gasteiger partial charge >= 0.3 is 0 Å². The molecule has 0 aliphatic heterocycles. The molecule has 0 saturated carbocycles. The second kappa shape index (κ2) is 7.80. The minimum absolute atomic E-state index is 0.163. The SMILES string of the molecule is COc1cc(C)c(S(=O)(=O)N[C@H](C)c2cc(C)ccc2C)cc1C(C)C. The number of sulfonamides is 1. The Balaban J connectivity index is 2.44. The lowest BCUT2D eigenvalue weighted by molar-refractivity contribution is 0.406. The van der Waals surface area contributed by atoms with E-state index in [2.05, 4.69) is 4.72 Å². The van der Waals surface area contributed by atoms with Gasteiger partial charge in [-0.05, 0) is 68.0 Å². The number of nitrogens with one attached hydrogen (secondary N) is 1. The van der Waals surface area contributed by atoms with E-state index in [1.807, 2.05) is 52.8 Å². The number of rotatable bonds is 6. The lowest BCUT2D eigenvalue weighted by Gasteiger charge is -2.20. The molecule has 2 aromatic carbocycles. The van der Waals surface area contributed by atoms with Crippen molar-refractivity contribution in [2.75, 3.05) is 7.11 Å². The van der Waals surface area contributed by atoms with E-state index in [1.165, 1.54) is 0 Å². The van der Waals surface area contributed by atoms with Gasteiger partial charge in [0.05, 0.1) is 12.0 Å². The number of benzene rings is 2. The Morgan fingerprint density at radius 2 is 1.58 bits per heavy atom. The first-order chi connectivity index (χ1) is 12.1. The maximum absolute atomic E-state index is 13.1. The molecular weight excluding hydrogens is 346 g/mol. The van der Waals surface area contributed by atoms with Crippen LogP contribution in [0.1, 0.15) is 60.5 Å². The molecule has 2 rings (SSSR count). The van der Waals surface area contributed by atoms with E-state index in [4.69, 9.17) is 4.74 Å². The molecule has 0 aromatic heterocycles. The van der Waals surface area contributed by atoms with Crippen LogP contribution in [-0.4, -0.2) is 15.5 Å². The van der Waals surface area contributed by atoms with Crippen molar-refractivity contribution in [3.8, 4) is 5.75 Å². The highest BCUT2D eigenvalue weighted by molar-refractivity contribution is 7.89. The van der Waals surface area contributed by atoms with E-state index >= 15 is 0 Å². The third-order valence-corrected chi connectivity index (χ3v) is 6.35. The van der Waals surface area contributed by atoms with Gasteiger partial charge in [-0.2, -0.15) is 0 Å². The van der Waals surface area contributed by atoms with Crippen molar-refractivity contribution < 1.29 is 13.2 Å². The fourth-order valence-corrected chi connectivity index (χ4v) is 4.67. The molecule has 26 heavy (non-hydrogen) atoms. The van der Waals surface area contributed by atoms with Crippen molar-refractivity contribution in [2.24, 2.45) is 0 Å². The average Bonchev–Trinajstić information content (AvgIpc) is 2.55. The summed E-state index contributed by atoms with van der Waals surface area (Å²) in [7, 11) is -2.05. The Morgan fingerprint density at radius 3 is 2.15 bits per heavy atom. The largest absolute Gasteiger partial charge is 0.496 e. The van der Waals surface area contributed by atoms with E-state index < -0.39 is 10.0 Å². The van der Waals surface area contributed by atoms with Crippen LogP contribution in [0.3, 0.4) is 0 Å². The van der Waals surface area contributed by atoms with Gasteiger partial charge in [0.1, 0.15) is 5.75 Å². The molecule has 0 fully saturated rings. The molecule has 0 radical (unpaired) electrons. The first-order valence-corrected chi connectivity index (χ1v) is 10.3. The third-order valence-electron chi connectivity index (χ3n) is 4.67. The highest BCUT2D eigenvalue weighted by atomic mass is 32.2. The highest BCUT2D eigenvalue weighted by Crippen LogP contribution is 2.32. The van der Waals surface area contributed by atoms with E-state index in [9.17, 15) is 8.42 Å². The molecule has 5 heteroatoms. The molecule has 0 amide bonds. The summed E-state index contributed by atoms with van der Waals surface area (Å²) in [4.78, 5) is 0.305. The molecule has 0 unspecified atom stereocenters. The minimum Gasteiger partial charge on any atom is -0.496 e. The predicted octanol–water partition coefficient (Wildman–Crippen LogP) is 4.78. The predicted molar refractivity (Wildman–Crippen MR) is 106 cm³/mol. The zero-order valence-electron chi connectivity index (χ0n) is 16.7. The molecule has 2 aromatic rings. The van der Waals surface area contributed by atoms with Crippen LogP contribution in [0.5, 0.6) is 5.75 Å². The van der Waals surface area contributed by atoms with Crippen LogP contribution in [0, 0.1) is 20.8 Å². The van der Waals surface area contributed by atoms with Crippen molar-refractivity contribution in [1.29, 1.82) is 0 Å². The van der Waals surface area contributed by atoms with Crippen LogP contribution < -0.4 is 9.46 Å². The molecular formula is C21H29NO3S. The highest BCUT2D eigenvalue weighted by Gasteiger charge is 2.23. The summed E-state index contributed by atoms with van der Waals surface area (Å²) in [6.45, 7) is 11.7. The summed E-state index contributed by atoms with van der Waals surface area (Å²) in [5, 5.41) is 0. The smallest absolute Gasteiger partial charge is 0.241 e. The number of hydrogen-bond donors (Lipinski definition) is 1. The Kier molecular flexibility index (Phi) is 6.14. The summed E-state index contributed by atoms with van der Waals surface area (Å²) < 4.78 is 34.4. The van der Waals surface area contributed by atoms with Crippen LogP contribution >= 0.6 is 0 Å². The molecule has 142 valence electrons. The van der Waals surface area contributed by atoms with Crippen molar-refractivity contribution >= 4 is 10.0 Å². The van der Waals surface area contributed by atoms with Gasteiger partial charge in [0, 0.05) is 6.04 Å². The third kappa shape index (κ3) is 4.27. The Hall–Kier alpha value is -1.85. The van der Waals surface area contributed by atoms with Crippen LogP contribution in [0.4, 0.5) is 0 Å². The van der Waals surface area contributed by atoms with Crippen molar-refractivity contribution in [2.45, 2.75) is 58.4 Å². The molecule has 0 aliphatic carbocycles. The summed E-state index contributed by atoms with van der Waals surface area (Å²) in [5.74, 6) is 0.884. The second-order valence-corrected chi connectivity index (χ2v) is 8.90. The molecule has 0 saturated heterocycles. The van der Waals surface area contributed by atoms with Crippen molar-refractivity contribution in [1.82, 2.24) is 4.72 Å². The van der Waals surface area contributed by atoms with E-state index in [0.29, 0.717) is 10.5 Å². The maximum Gasteiger partial charge on any atom is 0.241 e. The van der Waals surface area contributed by atoms with Gasteiger partial charge in [-0.1, -0.05) is 37.6 Å². The quantitative estimate of drug-likeness (QED) is 0.790. The van der Waals surface area contributed by atoms with E-state index in [0.717, 1.165) is 28.0 Å². The average molecular weight is 376 g/mol. The van der Waals surface area contributed by atoms with Crippen molar-refractivity contribution in [3.63, 3.8) is 0 Å². The molecule has 4 nitrogen and oxygen atoms in total. The van der Waals surface area contributed by atoms with Gasteiger partial charge in [-0.3, -0.25) is 0 Å². The van der Waals surface area contributed by atoms with Crippen LogP contribution in [0.25, 0.3) is 0 Å². The fraction of sp³-hybridized carbons (Fsp3) is 0.429. The minimum atomic E-state index is -3.65. The normalized spacial score (nSPS) is 13.1. The van der Waals surface area contributed by atoms with Gasteiger partial charge in [0.2, 0.25) is 10.0 Å². The molecule has 0 heterocycles. The van der Waals surface area contributed by atoms with Crippen LogP contribution in [0.15, 0.2) is 35.2 Å². The Labute approximate surface area is 157 Å². The maximum atomic E-state index is 13.1. The first kappa shape index (κ1) is 20.5. The topological polar surface area (TPSA) is 55.4 Å². The summed E-state index contributed by atoms with van der Waals surface area (Å²) in [5.41, 5.74) is 4.73. The van der Waals surface area contributed by atoms with Gasteiger partial charge in [-0.15, -0.1) is 0 Å². The summed E-state index contributed by atoms with van der Waals surface area (Å²) in [6, 6.07) is 9.30.